The molecule has 11 nitrogen and oxygen atoms in total. The molecule has 2 fully saturated rings. The third kappa shape index (κ3) is 6.52. The summed E-state index contributed by atoms with van der Waals surface area (Å²) in [5.74, 6) is -5.90. The third-order valence-electron chi connectivity index (χ3n) is 6.89. The van der Waals surface area contributed by atoms with Crippen LogP contribution in [-0.4, -0.2) is 78.3 Å². The number of carbonyl (C=O) groups excluding carboxylic acids is 4. The van der Waals surface area contributed by atoms with E-state index in [-0.39, 0.29) is 30.3 Å². The summed E-state index contributed by atoms with van der Waals surface area (Å²) in [4.78, 5) is 67.9. The average molecular weight is 574 g/mol. The maximum absolute atomic E-state index is 15.5. The number of ketones is 1. The predicted molar refractivity (Wildman–Crippen MR) is 148 cm³/mol. The molecule has 1 aromatic heterocycles. The van der Waals surface area contributed by atoms with Gasteiger partial charge >= 0.3 is 18.0 Å². The van der Waals surface area contributed by atoms with E-state index in [2.05, 4.69) is 0 Å². The molecule has 1 aliphatic heterocycles. The van der Waals surface area contributed by atoms with Gasteiger partial charge in [0.1, 0.15) is 11.4 Å². The van der Waals surface area contributed by atoms with Gasteiger partial charge in [-0.1, -0.05) is 0 Å². The van der Waals surface area contributed by atoms with Gasteiger partial charge in [-0.15, -0.1) is 0 Å². The van der Waals surface area contributed by atoms with Crippen LogP contribution in [0.3, 0.4) is 0 Å². The van der Waals surface area contributed by atoms with E-state index in [1.165, 1.54) is 20.0 Å². The highest BCUT2D eigenvalue weighted by Crippen LogP contribution is 2.38. The van der Waals surface area contributed by atoms with Gasteiger partial charge < -0.3 is 28.6 Å². The molecule has 0 atom stereocenters. The van der Waals surface area contributed by atoms with Crippen molar-refractivity contribution >= 4 is 40.4 Å². The van der Waals surface area contributed by atoms with Crippen LogP contribution in [0, 0.1) is 11.7 Å². The smallest absolute Gasteiger partial charge is 0.410 e. The molecule has 1 saturated carbocycles. The number of hydrogen-bond acceptors (Lipinski definition) is 9. The van der Waals surface area contributed by atoms with E-state index in [1.807, 2.05) is 0 Å². The number of rotatable bonds is 8. The summed E-state index contributed by atoms with van der Waals surface area (Å²) in [5.41, 5.74) is -1.12. The standard InChI is InChI=1S/C29H36FN3O8/c1-6-39-26(36)23(27(37)40-7-2)25(35)19-16-33(17-8-9-17)21-15-22(20(30)14-18(21)24(19)34)31-10-12-32(13-11-31)28(38)41-29(3,4)5/h14-17,23H,6-13H2,1-5H3. The van der Waals surface area contributed by atoms with E-state index in [1.54, 1.807) is 41.2 Å². The van der Waals surface area contributed by atoms with Crippen molar-refractivity contribution in [2.75, 3.05) is 44.3 Å². The quantitative estimate of drug-likeness (QED) is 0.202. The average Bonchev–Trinajstić information content (AvgIpc) is 3.74. The molecule has 1 amide bonds. The van der Waals surface area contributed by atoms with Crippen LogP contribution in [0.1, 0.15) is 63.9 Å². The molecule has 0 unspecified atom stereocenters. The maximum Gasteiger partial charge on any atom is 0.410 e. The first-order chi connectivity index (χ1) is 19.4. The van der Waals surface area contributed by atoms with Crippen molar-refractivity contribution in [3.63, 3.8) is 0 Å². The molecule has 4 rings (SSSR count). The number of pyridine rings is 1. The number of anilines is 1. The second kappa shape index (κ2) is 11.9. The molecule has 41 heavy (non-hydrogen) atoms. The number of fused-ring (bicyclic) bond motifs is 1. The van der Waals surface area contributed by atoms with Crippen molar-refractivity contribution in [1.82, 2.24) is 9.47 Å². The van der Waals surface area contributed by atoms with Gasteiger partial charge in [0.25, 0.3) is 0 Å². The number of piperazine rings is 1. The minimum Gasteiger partial charge on any atom is -0.465 e. The van der Waals surface area contributed by atoms with Crippen LogP contribution in [0.5, 0.6) is 0 Å². The highest BCUT2D eigenvalue weighted by molar-refractivity contribution is 6.21. The summed E-state index contributed by atoms with van der Waals surface area (Å²) in [6, 6.07) is 2.64. The number of amides is 1. The Labute approximate surface area is 237 Å². The van der Waals surface area contributed by atoms with Crippen molar-refractivity contribution < 1.29 is 37.8 Å². The summed E-state index contributed by atoms with van der Waals surface area (Å²) in [6.45, 7) is 9.64. The maximum atomic E-state index is 15.5. The number of ether oxygens (including phenoxy) is 3. The molecule has 2 aromatic rings. The van der Waals surface area contributed by atoms with Gasteiger partial charge in [-0.25, -0.2) is 9.18 Å². The third-order valence-corrected chi connectivity index (χ3v) is 6.89. The lowest BCUT2D eigenvalue weighted by Gasteiger charge is -2.37. The van der Waals surface area contributed by atoms with Crippen LogP contribution in [-0.2, 0) is 23.8 Å². The van der Waals surface area contributed by atoms with Crippen molar-refractivity contribution in [3.05, 3.63) is 39.9 Å². The number of nitrogens with zero attached hydrogens (tertiary/aromatic N) is 3. The Balaban J connectivity index is 1.69. The topological polar surface area (TPSA) is 124 Å². The van der Waals surface area contributed by atoms with Crippen molar-refractivity contribution in [2.45, 2.75) is 59.1 Å². The lowest BCUT2D eigenvalue weighted by Crippen LogP contribution is -2.50. The summed E-state index contributed by atoms with van der Waals surface area (Å²) in [6.07, 6.45) is 2.48. The van der Waals surface area contributed by atoms with Gasteiger partial charge in [0.05, 0.1) is 30.0 Å². The fourth-order valence-electron chi connectivity index (χ4n) is 4.80. The molecule has 222 valence electrons. The Bertz CT molecular complexity index is 1400. The van der Waals surface area contributed by atoms with E-state index in [0.717, 1.165) is 18.9 Å². The first-order valence-corrected chi connectivity index (χ1v) is 13.8. The molecule has 1 saturated heterocycles. The first kappa shape index (κ1) is 30.0. The molecule has 0 spiro atoms. The summed E-state index contributed by atoms with van der Waals surface area (Å²) >= 11 is 0. The van der Waals surface area contributed by atoms with Crippen LogP contribution in [0.4, 0.5) is 14.9 Å². The van der Waals surface area contributed by atoms with Crippen LogP contribution in [0.25, 0.3) is 10.9 Å². The molecular formula is C29H36FN3O8. The number of halogens is 1. The molecule has 1 aliphatic carbocycles. The monoisotopic (exact) mass is 573 g/mol. The van der Waals surface area contributed by atoms with Crippen molar-refractivity contribution in [2.24, 2.45) is 5.92 Å². The molecule has 12 heteroatoms. The number of hydrogen-bond donors (Lipinski definition) is 0. The Morgan fingerprint density at radius 2 is 1.56 bits per heavy atom. The van der Waals surface area contributed by atoms with E-state index in [4.69, 9.17) is 14.2 Å². The fourth-order valence-corrected chi connectivity index (χ4v) is 4.80. The molecule has 2 aliphatic rings. The Morgan fingerprint density at radius 3 is 2.07 bits per heavy atom. The van der Waals surface area contributed by atoms with Gasteiger partial charge in [-0.3, -0.25) is 19.2 Å². The van der Waals surface area contributed by atoms with Crippen LogP contribution in [0.15, 0.2) is 23.1 Å². The van der Waals surface area contributed by atoms with Gasteiger partial charge in [0, 0.05) is 43.8 Å². The van der Waals surface area contributed by atoms with Crippen LogP contribution < -0.4 is 10.3 Å². The summed E-state index contributed by atoms with van der Waals surface area (Å²) in [7, 11) is 0. The highest BCUT2D eigenvalue weighted by Gasteiger charge is 2.40. The SMILES string of the molecule is CCOC(=O)C(C(=O)OCC)C(=O)c1cn(C2CC2)c2cc(N3CCN(C(=O)OC(C)(C)C)CC3)c(F)cc2c1=O. The Kier molecular flexibility index (Phi) is 8.69. The van der Waals surface area contributed by atoms with Gasteiger partial charge in [0.15, 0.2) is 11.2 Å². The lowest BCUT2D eigenvalue weighted by molar-refractivity contribution is -0.158. The molecule has 2 heterocycles. The zero-order valence-electron chi connectivity index (χ0n) is 24.0. The molecule has 0 bridgehead atoms. The normalized spacial score (nSPS) is 15.7. The number of esters is 2. The zero-order chi connectivity index (χ0) is 30.1. The van der Waals surface area contributed by atoms with Gasteiger partial charge in [0.2, 0.25) is 5.92 Å². The van der Waals surface area contributed by atoms with Crippen molar-refractivity contribution in [3.8, 4) is 0 Å². The van der Waals surface area contributed by atoms with Crippen LogP contribution >= 0.6 is 0 Å². The van der Waals surface area contributed by atoms with E-state index in [0.29, 0.717) is 31.7 Å². The minimum absolute atomic E-state index is 0.0318. The Hall–Kier alpha value is -3.96. The zero-order valence-corrected chi connectivity index (χ0v) is 24.0. The molecule has 0 radical (unpaired) electrons. The van der Waals surface area contributed by atoms with E-state index >= 15 is 4.39 Å². The van der Waals surface area contributed by atoms with Gasteiger partial charge in [-0.05, 0) is 59.6 Å². The Morgan fingerprint density at radius 1 is 0.976 bits per heavy atom. The summed E-state index contributed by atoms with van der Waals surface area (Å²) < 4.78 is 32.5. The summed E-state index contributed by atoms with van der Waals surface area (Å²) in [5, 5.41) is -0.0390. The number of Topliss-reactive ketones (excluding diaryl/α,β-unsaturated/α-hetero) is 1. The first-order valence-electron chi connectivity index (χ1n) is 13.8. The second-order valence-corrected chi connectivity index (χ2v) is 11.1. The predicted octanol–water partition coefficient (Wildman–Crippen LogP) is 3.46. The lowest BCUT2D eigenvalue weighted by atomic mass is 9.96. The van der Waals surface area contributed by atoms with Gasteiger partial charge in [-0.2, -0.15) is 0 Å². The van der Waals surface area contributed by atoms with E-state index in [9.17, 15) is 24.0 Å². The van der Waals surface area contributed by atoms with Crippen LogP contribution in [0.2, 0.25) is 0 Å². The highest BCUT2D eigenvalue weighted by atomic mass is 19.1. The molecular weight excluding hydrogens is 537 g/mol. The molecule has 0 N–H and O–H groups in total. The number of aromatic nitrogens is 1. The van der Waals surface area contributed by atoms with Crippen molar-refractivity contribution in [1.29, 1.82) is 0 Å². The number of benzene rings is 1. The molecule has 1 aromatic carbocycles. The van der Waals surface area contributed by atoms with E-state index < -0.39 is 52.1 Å². The number of carbonyl (C=O) groups is 4. The minimum atomic E-state index is -1.96. The fraction of sp³-hybridized carbons (Fsp3) is 0.552. The largest absolute Gasteiger partial charge is 0.465 e. The second-order valence-electron chi connectivity index (χ2n) is 11.1.